The summed E-state index contributed by atoms with van der Waals surface area (Å²) < 4.78 is 5.27. The van der Waals surface area contributed by atoms with Crippen molar-refractivity contribution in [2.45, 2.75) is 19.5 Å². The first kappa shape index (κ1) is 11.1. The third-order valence-corrected chi connectivity index (χ3v) is 2.45. The van der Waals surface area contributed by atoms with Crippen molar-refractivity contribution in [3.8, 4) is 0 Å². The number of benzene rings is 1. The predicted molar refractivity (Wildman–Crippen MR) is 64.0 cm³/mol. The van der Waals surface area contributed by atoms with E-state index in [1.807, 2.05) is 19.1 Å². The monoisotopic (exact) mass is 219 g/mol. The molecule has 0 aliphatic rings. The van der Waals surface area contributed by atoms with Gasteiger partial charge in [-0.15, -0.1) is 0 Å². The standard InChI is InChI=1S/C12H17N3O/c1-9(13)6-15(2)7-10-3-4-11-12(5-10)16-8-14-11/h3-5,8-9H,6-7,13H2,1-2H3. The van der Waals surface area contributed by atoms with E-state index in [4.69, 9.17) is 10.2 Å². The summed E-state index contributed by atoms with van der Waals surface area (Å²) in [5.41, 5.74) is 8.71. The van der Waals surface area contributed by atoms with E-state index < -0.39 is 0 Å². The molecule has 0 amide bonds. The van der Waals surface area contributed by atoms with Gasteiger partial charge >= 0.3 is 0 Å². The topological polar surface area (TPSA) is 55.3 Å². The van der Waals surface area contributed by atoms with Crippen molar-refractivity contribution in [3.63, 3.8) is 0 Å². The number of fused-ring (bicyclic) bond motifs is 1. The number of rotatable bonds is 4. The Bertz CT molecular complexity index is 464. The lowest BCUT2D eigenvalue weighted by Crippen LogP contribution is -2.32. The van der Waals surface area contributed by atoms with E-state index >= 15 is 0 Å². The lowest BCUT2D eigenvalue weighted by molar-refractivity contribution is 0.310. The fraction of sp³-hybridized carbons (Fsp3) is 0.417. The van der Waals surface area contributed by atoms with Crippen LogP contribution in [0.25, 0.3) is 11.1 Å². The van der Waals surface area contributed by atoms with Crippen LogP contribution in [0.15, 0.2) is 29.0 Å². The number of nitrogens with zero attached hydrogens (tertiary/aromatic N) is 2. The van der Waals surface area contributed by atoms with Crippen molar-refractivity contribution in [1.29, 1.82) is 0 Å². The minimum absolute atomic E-state index is 0.194. The van der Waals surface area contributed by atoms with Gasteiger partial charge in [-0.1, -0.05) is 6.07 Å². The van der Waals surface area contributed by atoms with Crippen LogP contribution in [0, 0.1) is 0 Å². The Hall–Kier alpha value is -1.39. The van der Waals surface area contributed by atoms with Crippen LogP contribution in [0.4, 0.5) is 0 Å². The fourth-order valence-electron chi connectivity index (χ4n) is 1.87. The molecular formula is C12H17N3O. The molecule has 4 heteroatoms. The third kappa shape index (κ3) is 2.59. The first-order chi connectivity index (χ1) is 7.65. The average molecular weight is 219 g/mol. The van der Waals surface area contributed by atoms with Crippen molar-refractivity contribution in [2.24, 2.45) is 5.73 Å². The zero-order valence-electron chi connectivity index (χ0n) is 9.68. The summed E-state index contributed by atoms with van der Waals surface area (Å²) in [6.45, 7) is 3.77. The quantitative estimate of drug-likeness (QED) is 0.848. The maximum atomic E-state index is 5.75. The minimum atomic E-state index is 0.194. The summed E-state index contributed by atoms with van der Waals surface area (Å²) in [5.74, 6) is 0. The van der Waals surface area contributed by atoms with Gasteiger partial charge in [0.1, 0.15) is 5.52 Å². The van der Waals surface area contributed by atoms with Crippen LogP contribution in [0.1, 0.15) is 12.5 Å². The molecule has 0 radical (unpaired) electrons. The molecule has 0 fully saturated rings. The first-order valence-corrected chi connectivity index (χ1v) is 5.41. The molecule has 1 heterocycles. The lowest BCUT2D eigenvalue weighted by Gasteiger charge is -2.18. The van der Waals surface area contributed by atoms with Gasteiger partial charge in [0, 0.05) is 19.1 Å². The number of nitrogens with two attached hydrogens (primary N) is 1. The molecule has 4 nitrogen and oxygen atoms in total. The van der Waals surface area contributed by atoms with E-state index in [-0.39, 0.29) is 6.04 Å². The van der Waals surface area contributed by atoms with Crippen LogP contribution in [0.5, 0.6) is 0 Å². The van der Waals surface area contributed by atoms with Gasteiger partial charge in [-0.3, -0.25) is 0 Å². The van der Waals surface area contributed by atoms with Crippen LogP contribution in [0.3, 0.4) is 0 Å². The van der Waals surface area contributed by atoms with Crippen molar-refractivity contribution >= 4 is 11.1 Å². The average Bonchev–Trinajstić information content (AvgIpc) is 2.63. The highest BCUT2D eigenvalue weighted by Gasteiger charge is 2.05. The van der Waals surface area contributed by atoms with Crippen molar-refractivity contribution in [2.75, 3.05) is 13.6 Å². The molecule has 2 aromatic rings. The Balaban J connectivity index is 2.08. The number of aromatic nitrogens is 1. The van der Waals surface area contributed by atoms with Gasteiger partial charge in [0.2, 0.25) is 0 Å². The van der Waals surface area contributed by atoms with E-state index in [9.17, 15) is 0 Å². The molecule has 1 unspecified atom stereocenters. The summed E-state index contributed by atoms with van der Waals surface area (Å²) in [6.07, 6.45) is 1.47. The van der Waals surface area contributed by atoms with Crippen LogP contribution in [0.2, 0.25) is 0 Å². The molecule has 16 heavy (non-hydrogen) atoms. The summed E-state index contributed by atoms with van der Waals surface area (Å²) >= 11 is 0. The van der Waals surface area contributed by atoms with Gasteiger partial charge in [0.15, 0.2) is 12.0 Å². The Labute approximate surface area is 95.1 Å². The molecule has 0 aliphatic carbocycles. The largest absolute Gasteiger partial charge is 0.443 e. The van der Waals surface area contributed by atoms with E-state index in [2.05, 4.69) is 23.0 Å². The summed E-state index contributed by atoms with van der Waals surface area (Å²) in [5, 5.41) is 0. The molecule has 0 bridgehead atoms. The highest BCUT2D eigenvalue weighted by molar-refractivity contribution is 5.72. The predicted octanol–water partition coefficient (Wildman–Crippen LogP) is 1.61. The molecule has 2 N–H and O–H groups in total. The van der Waals surface area contributed by atoms with Gasteiger partial charge in [-0.25, -0.2) is 4.98 Å². The number of oxazole rings is 1. The van der Waals surface area contributed by atoms with Crippen LogP contribution >= 0.6 is 0 Å². The second kappa shape index (κ2) is 4.63. The third-order valence-electron chi connectivity index (χ3n) is 2.45. The molecule has 2 rings (SSSR count). The van der Waals surface area contributed by atoms with Gasteiger partial charge in [-0.2, -0.15) is 0 Å². The molecule has 0 saturated carbocycles. The maximum absolute atomic E-state index is 5.75. The van der Waals surface area contributed by atoms with Gasteiger partial charge < -0.3 is 15.1 Å². The highest BCUT2D eigenvalue weighted by Crippen LogP contribution is 2.15. The molecule has 86 valence electrons. The Kier molecular flexibility index (Phi) is 3.22. The zero-order valence-corrected chi connectivity index (χ0v) is 9.68. The van der Waals surface area contributed by atoms with Crippen LogP contribution < -0.4 is 5.73 Å². The molecule has 0 aliphatic heterocycles. The van der Waals surface area contributed by atoms with Gasteiger partial charge in [-0.05, 0) is 31.7 Å². The number of hydrogen-bond donors (Lipinski definition) is 1. The second-order valence-electron chi connectivity index (χ2n) is 4.33. The maximum Gasteiger partial charge on any atom is 0.181 e. The van der Waals surface area contributed by atoms with E-state index in [0.29, 0.717) is 0 Å². The molecular weight excluding hydrogens is 202 g/mol. The van der Waals surface area contributed by atoms with Crippen LogP contribution in [-0.4, -0.2) is 29.5 Å². The summed E-state index contributed by atoms with van der Waals surface area (Å²) in [4.78, 5) is 6.28. The van der Waals surface area contributed by atoms with E-state index in [0.717, 1.165) is 24.2 Å². The number of hydrogen-bond acceptors (Lipinski definition) is 4. The fourth-order valence-corrected chi connectivity index (χ4v) is 1.87. The smallest absolute Gasteiger partial charge is 0.181 e. The number of likely N-dealkylation sites (N-methyl/N-ethyl adjacent to an activating group) is 1. The van der Waals surface area contributed by atoms with E-state index in [1.54, 1.807) is 0 Å². The van der Waals surface area contributed by atoms with E-state index in [1.165, 1.54) is 12.0 Å². The summed E-state index contributed by atoms with van der Waals surface area (Å²) in [6, 6.07) is 6.27. The zero-order chi connectivity index (χ0) is 11.5. The Morgan fingerprint density at radius 1 is 1.50 bits per heavy atom. The van der Waals surface area contributed by atoms with Gasteiger partial charge in [0.25, 0.3) is 0 Å². The minimum Gasteiger partial charge on any atom is -0.443 e. The lowest BCUT2D eigenvalue weighted by atomic mass is 10.2. The van der Waals surface area contributed by atoms with Crippen molar-refractivity contribution in [3.05, 3.63) is 30.2 Å². The van der Waals surface area contributed by atoms with Gasteiger partial charge in [0.05, 0.1) is 0 Å². The molecule has 0 spiro atoms. The highest BCUT2D eigenvalue weighted by atomic mass is 16.3. The molecule has 1 atom stereocenters. The first-order valence-electron chi connectivity index (χ1n) is 5.41. The SMILES string of the molecule is CC(N)CN(C)Cc1ccc2ncoc2c1. The Morgan fingerprint density at radius 3 is 3.06 bits per heavy atom. The van der Waals surface area contributed by atoms with Crippen molar-refractivity contribution in [1.82, 2.24) is 9.88 Å². The second-order valence-corrected chi connectivity index (χ2v) is 4.33. The molecule has 1 aromatic heterocycles. The summed E-state index contributed by atoms with van der Waals surface area (Å²) in [7, 11) is 2.06. The molecule has 0 saturated heterocycles. The van der Waals surface area contributed by atoms with Crippen LogP contribution in [-0.2, 0) is 6.54 Å². The molecule has 1 aromatic carbocycles. The Morgan fingerprint density at radius 2 is 2.31 bits per heavy atom. The van der Waals surface area contributed by atoms with Crippen molar-refractivity contribution < 1.29 is 4.42 Å². The normalized spacial score (nSPS) is 13.5.